The van der Waals surface area contributed by atoms with Crippen molar-refractivity contribution in [2.75, 3.05) is 48.7 Å². The molecule has 0 fully saturated rings. The zero-order valence-electron chi connectivity index (χ0n) is 56.7. The Kier molecular flexibility index (Phi) is 29.0. The van der Waals surface area contributed by atoms with Gasteiger partial charge in [0, 0.05) is 121 Å². The van der Waals surface area contributed by atoms with E-state index in [0.717, 1.165) is 97.4 Å². The minimum Gasteiger partial charge on any atom is -0.444 e. The third-order valence-electron chi connectivity index (χ3n) is 14.0. The molecule has 11 N–H and O–H groups in total. The number of halogens is 1. The van der Waals surface area contributed by atoms with Crippen LogP contribution < -0.4 is 48.7 Å². The summed E-state index contributed by atoms with van der Waals surface area (Å²) in [6.45, 7) is 18.8. The average Bonchev–Trinajstić information content (AvgIpc) is 0.860. The van der Waals surface area contributed by atoms with Crippen LogP contribution in [0.3, 0.4) is 0 Å². The van der Waals surface area contributed by atoms with Gasteiger partial charge in [-0.1, -0.05) is 98.4 Å². The molecule has 0 unspecified atom stereocenters. The highest BCUT2D eigenvalue weighted by molar-refractivity contribution is 6.28. The number of nitrogens with one attached hydrogen (secondary N) is 7. The van der Waals surface area contributed by atoms with Gasteiger partial charge in [-0.25, -0.2) is 34.7 Å². The maximum absolute atomic E-state index is 11.4. The number of aldehydes is 1. The topological polar surface area (TPSA) is 308 Å². The quantitative estimate of drug-likeness (QED) is 0.0262. The maximum Gasteiger partial charge on any atom is 0.412 e. The molecule has 0 atom stereocenters. The van der Waals surface area contributed by atoms with Gasteiger partial charge in [0.15, 0.2) is 6.29 Å². The maximum atomic E-state index is 11.4. The fraction of sp³-hybridized carbons (Fsp3) is 0.167. The number of hydrogen-bond acceptors (Lipinski definition) is 17. The second-order valence-electron chi connectivity index (χ2n) is 23.4. The summed E-state index contributed by atoms with van der Waals surface area (Å²) in [5.41, 5.74) is 29.7. The molecule has 11 aromatic rings. The number of amides is 4. The Morgan fingerprint density at radius 2 is 0.830 bits per heavy atom. The smallest absolute Gasteiger partial charge is 0.412 e. The number of nitrogens with two attached hydrogens (primary N) is 2. The van der Waals surface area contributed by atoms with Crippen molar-refractivity contribution in [3.05, 3.63) is 257 Å². The predicted molar refractivity (Wildman–Crippen MR) is 408 cm³/mol. The first kappa shape index (κ1) is 76.7. The molecule has 100 heavy (non-hydrogen) atoms. The van der Waals surface area contributed by atoms with Crippen molar-refractivity contribution in [1.29, 1.82) is 0 Å². The molecule has 516 valence electrons. The normalized spacial score (nSPS) is 10.2. The fourth-order valence-electron chi connectivity index (χ4n) is 9.39. The number of aryl methyl sites for hydroxylation is 4. The number of aromatic nitrogens is 6. The van der Waals surface area contributed by atoms with Crippen molar-refractivity contribution in [2.24, 2.45) is 0 Å². The Morgan fingerprint density at radius 1 is 0.460 bits per heavy atom. The monoisotopic (exact) mass is 1360 g/mol. The first-order valence-corrected chi connectivity index (χ1v) is 31.7. The second-order valence-corrected chi connectivity index (χ2v) is 23.7. The molecule has 0 aliphatic heterocycles. The van der Waals surface area contributed by atoms with E-state index in [-0.39, 0.29) is 31.9 Å². The molecule has 0 radical (unpaired) electrons. The molecule has 11 rings (SSSR count). The van der Waals surface area contributed by atoms with Crippen LogP contribution >= 0.6 is 11.6 Å². The van der Waals surface area contributed by atoms with E-state index in [2.05, 4.69) is 99.2 Å². The molecule has 0 aliphatic carbocycles. The molecule has 21 nitrogen and oxygen atoms in total. The highest BCUT2D eigenvalue weighted by Gasteiger charge is 2.16. The highest BCUT2D eigenvalue weighted by atomic mass is 35.5. The summed E-state index contributed by atoms with van der Waals surface area (Å²) in [5.74, 6) is 0.720. The van der Waals surface area contributed by atoms with Crippen molar-refractivity contribution < 1.29 is 30.1 Å². The van der Waals surface area contributed by atoms with Crippen molar-refractivity contribution in [1.82, 2.24) is 29.9 Å². The zero-order chi connectivity index (χ0) is 71.4. The van der Waals surface area contributed by atoms with Gasteiger partial charge >= 0.3 is 6.09 Å². The van der Waals surface area contributed by atoms with Gasteiger partial charge in [-0.2, -0.15) is 0 Å². The van der Waals surface area contributed by atoms with Gasteiger partial charge < -0.3 is 48.1 Å². The lowest BCUT2D eigenvalue weighted by Crippen LogP contribution is -2.27. The molecule has 0 aliphatic rings. The van der Waals surface area contributed by atoms with Gasteiger partial charge in [0.1, 0.15) is 5.60 Å². The number of carbonyl (C=O) groups is 5. The van der Waals surface area contributed by atoms with Crippen molar-refractivity contribution in [3.63, 3.8) is 0 Å². The molecule has 0 bridgehead atoms. The Labute approximate surface area is 590 Å². The van der Waals surface area contributed by atoms with E-state index in [4.69, 9.17) is 27.8 Å². The predicted octanol–water partition coefficient (Wildman–Crippen LogP) is 17.9. The largest absolute Gasteiger partial charge is 0.444 e. The molecule has 3 aromatic heterocycles. The van der Waals surface area contributed by atoms with Crippen molar-refractivity contribution in [2.45, 2.75) is 88.8 Å². The number of nitrogens with zero attached hydrogens (tertiary/aromatic N) is 6. The summed E-state index contributed by atoms with van der Waals surface area (Å²) >= 11 is 5.72. The van der Waals surface area contributed by atoms with Crippen LogP contribution in [0.4, 0.5) is 67.9 Å². The number of anilines is 11. The summed E-state index contributed by atoms with van der Waals surface area (Å²) < 4.78 is 5.09. The molecule has 0 spiro atoms. The number of hydrogen-bond donors (Lipinski definition) is 9. The lowest BCUT2D eigenvalue weighted by molar-refractivity contribution is -0.115. The fourth-order valence-corrected chi connectivity index (χ4v) is 9.54. The van der Waals surface area contributed by atoms with Crippen LogP contribution in [-0.4, -0.2) is 65.6 Å². The van der Waals surface area contributed by atoms with Crippen LogP contribution in [0.1, 0.15) is 88.6 Å². The number of nitrogen functional groups attached to an aromatic ring is 2. The molecule has 8 aromatic carbocycles. The Hall–Kier alpha value is -12.4. The molecular formula is C78H86ClN15O6. The average molecular weight is 1370 g/mol. The van der Waals surface area contributed by atoms with Crippen LogP contribution in [0.5, 0.6) is 0 Å². The second kappa shape index (κ2) is 37.8. The van der Waals surface area contributed by atoms with Crippen LogP contribution in [0.25, 0.3) is 33.8 Å². The Balaban J connectivity index is 0.000000239. The highest BCUT2D eigenvalue weighted by Crippen LogP contribution is 2.27. The van der Waals surface area contributed by atoms with E-state index in [1.165, 1.54) is 37.5 Å². The van der Waals surface area contributed by atoms with Crippen LogP contribution in [0, 0.1) is 27.7 Å². The number of benzene rings is 8. The minimum atomic E-state index is -0.496. The molecule has 0 saturated heterocycles. The molecular weight excluding hydrogens is 1280 g/mol. The van der Waals surface area contributed by atoms with Crippen LogP contribution in [0.2, 0.25) is 5.28 Å². The number of rotatable bonds is 15. The van der Waals surface area contributed by atoms with Crippen LogP contribution in [0.15, 0.2) is 219 Å². The van der Waals surface area contributed by atoms with Crippen LogP contribution in [-0.2, 0) is 25.7 Å². The lowest BCUT2D eigenvalue weighted by Gasteiger charge is -2.19. The van der Waals surface area contributed by atoms with Crippen molar-refractivity contribution in [3.8, 4) is 33.8 Å². The summed E-state index contributed by atoms with van der Waals surface area (Å²) in [7, 11) is 0. The lowest BCUT2D eigenvalue weighted by atomic mass is 10.0. The summed E-state index contributed by atoms with van der Waals surface area (Å²) in [5, 5.41) is 21.0. The molecule has 0 saturated carbocycles. The van der Waals surface area contributed by atoms with E-state index >= 15 is 0 Å². The van der Waals surface area contributed by atoms with Gasteiger partial charge in [0.25, 0.3) is 0 Å². The van der Waals surface area contributed by atoms with E-state index in [1.807, 2.05) is 186 Å². The van der Waals surface area contributed by atoms with Gasteiger partial charge in [0.2, 0.25) is 34.9 Å². The zero-order valence-corrected chi connectivity index (χ0v) is 57.5. The van der Waals surface area contributed by atoms with E-state index < -0.39 is 11.7 Å². The molecule has 4 amide bonds. The van der Waals surface area contributed by atoms with E-state index in [0.29, 0.717) is 29.0 Å². The molecule has 3 heterocycles. The number of ether oxygens (including phenoxy) is 1. The third-order valence-corrected chi connectivity index (χ3v) is 14.2. The van der Waals surface area contributed by atoms with Gasteiger partial charge in [-0.05, 0) is 197 Å². The van der Waals surface area contributed by atoms with E-state index in [1.54, 1.807) is 48.9 Å². The standard InChI is InChI=1S/C27H27N5O.C18H17N5O.C12H10ClN3O.C11H16N2O2.C9H10O.CH4.H2/c1-18-6-4-7-19(2)25(18)17-29-23-8-5-9-24(16-23)31-27-28-15-14-26(32-27)21-10-12-22(13-11-21)30-20(3)33;1-12(24)21-15-7-5-13(6-8-15)17-9-10-20-18(23-17)22-16-4-2-3-14(19)11-16;1-8(17)15-10-4-2-9(3-5-10)11-6-7-14-12(13)16-11;1-11(2,3)15-10(14)13-9-6-4-5-8(12)7-9;1-7-4-3-5-8(2)9(7)6-10;;/h4-16,29H,17H2,1-3H3,(H,30,33)(H,28,31,32);2-11H,19H2,1H3,(H,21,24)(H,20,22,23);2-7H,1H3,(H,15,17);4-7H,12H2,1-3H3,(H,13,14);3-6H,1-2H3;1H4;1H/i;;;;;;1+1. The summed E-state index contributed by atoms with van der Waals surface area (Å²) in [6, 6.07) is 62.5. The van der Waals surface area contributed by atoms with Crippen molar-refractivity contribution >= 4 is 105 Å². The molecule has 22 heteroatoms. The Bertz CT molecular complexity index is 4500. The SMILES string of the molecule is C.CC(=O)Nc1ccc(-c2ccnc(Cl)n2)cc1.CC(=O)Nc1ccc(-c2ccnc(Nc3cccc(N)c3)n2)cc1.CC(=O)Nc1ccc(-c2ccnc(Nc3cccc(NCc4c(C)cccc4C)c3)n2)cc1.CC(C)(C)OC(=O)Nc1cccc(N)c1.Cc1cccc(C)c1C=O.[2HH]. The third kappa shape index (κ3) is 26.0. The van der Waals surface area contributed by atoms with Gasteiger partial charge in [-0.15, -0.1) is 0 Å². The van der Waals surface area contributed by atoms with Gasteiger partial charge in [0.05, 0.1) is 17.1 Å². The number of carbonyl (C=O) groups excluding carboxylic acids is 5. The first-order valence-electron chi connectivity index (χ1n) is 31.3. The van der Waals surface area contributed by atoms with E-state index in [9.17, 15) is 24.0 Å². The first-order chi connectivity index (χ1) is 47.3. The van der Waals surface area contributed by atoms with Gasteiger partial charge in [-0.3, -0.25) is 24.5 Å². The summed E-state index contributed by atoms with van der Waals surface area (Å²) in [6.07, 6.45) is 5.46. The summed E-state index contributed by atoms with van der Waals surface area (Å²) in [4.78, 5) is 80.6. The minimum absolute atomic E-state index is 0. The Morgan fingerprint density at radius 3 is 1.23 bits per heavy atom.